The Morgan fingerprint density at radius 2 is 2.27 bits per heavy atom. The van der Waals surface area contributed by atoms with E-state index in [1.165, 1.54) is 30.8 Å². The van der Waals surface area contributed by atoms with Gasteiger partial charge in [-0.05, 0) is 56.8 Å². The maximum Gasteiger partial charge on any atom is 0.0413 e. The van der Waals surface area contributed by atoms with Gasteiger partial charge in [0.25, 0.3) is 0 Å². The lowest BCUT2D eigenvalue weighted by Gasteiger charge is -2.35. The number of piperidine rings is 1. The molecule has 1 aromatic heterocycles. The van der Waals surface area contributed by atoms with E-state index in [1.807, 2.05) is 11.3 Å². The van der Waals surface area contributed by atoms with Crippen molar-refractivity contribution in [1.82, 2.24) is 4.90 Å². The van der Waals surface area contributed by atoms with Crippen LogP contribution in [-0.4, -0.2) is 24.5 Å². The molecule has 84 valence electrons. The first kappa shape index (κ1) is 11.1. The van der Waals surface area contributed by atoms with Gasteiger partial charge in [-0.15, -0.1) is 11.3 Å². The van der Waals surface area contributed by atoms with Gasteiger partial charge in [0.1, 0.15) is 0 Å². The Labute approximate surface area is 96.1 Å². The van der Waals surface area contributed by atoms with Crippen LogP contribution in [0.25, 0.3) is 0 Å². The minimum absolute atomic E-state index is 0.587. The van der Waals surface area contributed by atoms with E-state index in [0.717, 1.165) is 12.5 Å². The van der Waals surface area contributed by atoms with E-state index in [2.05, 4.69) is 29.3 Å². The third kappa shape index (κ3) is 2.60. The molecule has 0 aromatic carbocycles. The molecule has 15 heavy (non-hydrogen) atoms. The summed E-state index contributed by atoms with van der Waals surface area (Å²) in [6.45, 7) is 5.59. The molecule has 0 saturated carbocycles. The molecule has 1 fully saturated rings. The highest BCUT2D eigenvalue weighted by atomic mass is 32.1. The predicted molar refractivity (Wildman–Crippen MR) is 66.1 cm³/mol. The highest BCUT2D eigenvalue weighted by Gasteiger charge is 2.22. The van der Waals surface area contributed by atoms with Gasteiger partial charge in [-0.3, -0.25) is 4.90 Å². The molecule has 0 amide bonds. The van der Waals surface area contributed by atoms with Crippen LogP contribution in [0, 0.1) is 5.92 Å². The molecule has 1 saturated heterocycles. The Kier molecular flexibility index (Phi) is 3.78. The molecule has 0 aliphatic carbocycles. The van der Waals surface area contributed by atoms with E-state index >= 15 is 0 Å². The van der Waals surface area contributed by atoms with Crippen molar-refractivity contribution < 1.29 is 0 Å². The molecule has 0 radical (unpaired) electrons. The van der Waals surface area contributed by atoms with Gasteiger partial charge in [0, 0.05) is 10.9 Å². The minimum Gasteiger partial charge on any atom is -0.330 e. The predicted octanol–water partition coefficient (Wildman–Crippen LogP) is 2.48. The molecule has 2 N–H and O–H groups in total. The Bertz CT molecular complexity index is 276. The number of nitrogens with zero attached hydrogens (tertiary/aromatic N) is 1. The lowest BCUT2D eigenvalue weighted by Crippen LogP contribution is -2.37. The minimum atomic E-state index is 0.587. The molecule has 2 nitrogen and oxygen atoms in total. The van der Waals surface area contributed by atoms with Crippen LogP contribution < -0.4 is 5.73 Å². The molecule has 0 spiro atoms. The summed E-state index contributed by atoms with van der Waals surface area (Å²) in [6.07, 6.45) is 2.54. The molecule has 3 heteroatoms. The molecular weight excluding hydrogens is 204 g/mol. The Hall–Kier alpha value is -0.380. The lowest BCUT2D eigenvalue weighted by molar-refractivity contribution is 0.145. The number of thiophene rings is 1. The molecule has 0 bridgehead atoms. The lowest BCUT2D eigenvalue weighted by atomic mass is 9.96. The number of likely N-dealkylation sites (tertiary alicyclic amines) is 1. The Balaban J connectivity index is 1.90. The van der Waals surface area contributed by atoms with Gasteiger partial charge in [0.15, 0.2) is 0 Å². The van der Waals surface area contributed by atoms with Crippen molar-refractivity contribution in [3.05, 3.63) is 22.4 Å². The van der Waals surface area contributed by atoms with Gasteiger partial charge >= 0.3 is 0 Å². The summed E-state index contributed by atoms with van der Waals surface area (Å²) in [4.78, 5) is 4.07. The molecule has 1 atom stereocenters. The molecule has 2 rings (SSSR count). The average molecular weight is 224 g/mol. The van der Waals surface area contributed by atoms with E-state index in [-0.39, 0.29) is 0 Å². The van der Waals surface area contributed by atoms with E-state index in [9.17, 15) is 0 Å². The van der Waals surface area contributed by atoms with Crippen LogP contribution in [0.3, 0.4) is 0 Å². The van der Waals surface area contributed by atoms with Gasteiger partial charge in [-0.25, -0.2) is 0 Å². The second-order valence-electron chi connectivity index (χ2n) is 4.41. The van der Waals surface area contributed by atoms with Crippen LogP contribution in [0.15, 0.2) is 17.5 Å². The van der Waals surface area contributed by atoms with Crippen LogP contribution in [-0.2, 0) is 0 Å². The summed E-state index contributed by atoms with van der Waals surface area (Å²) in [5, 5.41) is 2.17. The maximum atomic E-state index is 5.70. The largest absolute Gasteiger partial charge is 0.330 e. The van der Waals surface area contributed by atoms with Gasteiger partial charge in [-0.1, -0.05) is 6.07 Å². The first-order valence-corrected chi connectivity index (χ1v) is 6.66. The van der Waals surface area contributed by atoms with Gasteiger partial charge in [-0.2, -0.15) is 0 Å². The fraction of sp³-hybridized carbons (Fsp3) is 0.667. The van der Waals surface area contributed by atoms with E-state index < -0.39 is 0 Å². The molecule has 1 aromatic rings. The number of rotatable bonds is 3. The van der Waals surface area contributed by atoms with Crippen LogP contribution in [0.4, 0.5) is 0 Å². The summed E-state index contributed by atoms with van der Waals surface area (Å²) >= 11 is 1.86. The van der Waals surface area contributed by atoms with Crippen LogP contribution in [0.2, 0.25) is 0 Å². The van der Waals surface area contributed by atoms with E-state index in [4.69, 9.17) is 5.73 Å². The van der Waals surface area contributed by atoms with Gasteiger partial charge < -0.3 is 5.73 Å². The van der Waals surface area contributed by atoms with Crippen LogP contribution in [0.1, 0.15) is 30.7 Å². The van der Waals surface area contributed by atoms with Crippen molar-refractivity contribution in [2.45, 2.75) is 25.8 Å². The number of hydrogen-bond donors (Lipinski definition) is 1. The summed E-state index contributed by atoms with van der Waals surface area (Å²) in [7, 11) is 0. The average Bonchev–Trinajstić information content (AvgIpc) is 2.82. The second-order valence-corrected chi connectivity index (χ2v) is 5.39. The monoisotopic (exact) mass is 224 g/mol. The van der Waals surface area contributed by atoms with Crippen molar-refractivity contribution >= 4 is 11.3 Å². The highest BCUT2D eigenvalue weighted by molar-refractivity contribution is 7.10. The molecule has 1 aliphatic heterocycles. The fourth-order valence-electron chi connectivity index (χ4n) is 2.28. The van der Waals surface area contributed by atoms with E-state index in [0.29, 0.717) is 6.04 Å². The third-order valence-corrected chi connectivity index (χ3v) is 4.53. The molecule has 1 aliphatic rings. The Morgan fingerprint density at radius 1 is 1.53 bits per heavy atom. The van der Waals surface area contributed by atoms with Crippen molar-refractivity contribution in [1.29, 1.82) is 0 Å². The SMILES string of the molecule is C[C@H](c1cccs1)N1CCC(CN)CC1. The zero-order chi connectivity index (χ0) is 10.7. The van der Waals surface area contributed by atoms with Crippen molar-refractivity contribution in [3.63, 3.8) is 0 Å². The standard InChI is InChI=1S/C12H20N2S/c1-10(12-3-2-8-15-12)14-6-4-11(9-13)5-7-14/h2-3,8,10-11H,4-7,9,13H2,1H3/t10-/m1/s1. The zero-order valence-corrected chi connectivity index (χ0v) is 10.2. The summed E-state index contributed by atoms with van der Waals surface area (Å²) in [5.74, 6) is 0.761. The summed E-state index contributed by atoms with van der Waals surface area (Å²) in [6, 6.07) is 4.97. The maximum absolute atomic E-state index is 5.70. The zero-order valence-electron chi connectivity index (χ0n) is 9.36. The number of nitrogens with two attached hydrogens (primary N) is 1. The first-order valence-electron chi connectivity index (χ1n) is 5.78. The molecular formula is C12H20N2S. The van der Waals surface area contributed by atoms with Crippen LogP contribution in [0.5, 0.6) is 0 Å². The van der Waals surface area contributed by atoms with Crippen molar-refractivity contribution in [3.8, 4) is 0 Å². The van der Waals surface area contributed by atoms with Crippen molar-refractivity contribution in [2.75, 3.05) is 19.6 Å². The molecule has 2 heterocycles. The van der Waals surface area contributed by atoms with Crippen molar-refractivity contribution in [2.24, 2.45) is 11.7 Å². The first-order chi connectivity index (χ1) is 7.31. The highest BCUT2D eigenvalue weighted by Crippen LogP contribution is 2.28. The third-order valence-electron chi connectivity index (χ3n) is 3.49. The topological polar surface area (TPSA) is 29.3 Å². The Morgan fingerprint density at radius 3 is 2.80 bits per heavy atom. The fourth-order valence-corrected chi connectivity index (χ4v) is 3.10. The van der Waals surface area contributed by atoms with Crippen LogP contribution >= 0.6 is 11.3 Å². The van der Waals surface area contributed by atoms with E-state index in [1.54, 1.807) is 0 Å². The van der Waals surface area contributed by atoms with Gasteiger partial charge in [0.05, 0.1) is 0 Å². The smallest absolute Gasteiger partial charge is 0.0413 e. The normalized spacial score (nSPS) is 21.7. The summed E-state index contributed by atoms with van der Waals surface area (Å²) in [5.41, 5.74) is 5.70. The second kappa shape index (κ2) is 5.10. The number of hydrogen-bond acceptors (Lipinski definition) is 3. The summed E-state index contributed by atoms with van der Waals surface area (Å²) < 4.78 is 0. The van der Waals surface area contributed by atoms with Gasteiger partial charge in [0.2, 0.25) is 0 Å². The molecule has 0 unspecified atom stereocenters. The quantitative estimate of drug-likeness (QED) is 0.854.